The van der Waals surface area contributed by atoms with Gasteiger partial charge in [0.15, 0.2) is 5.16 Å². The second-order valence-electron chi connectivity index (χ2n) is 7.62. The van der Waals surface area contributed by atoms with Crippen molar-refractivity contribution in [1.29, 1.82) is 0 Å². The molecule has 160 valence electrons. The first-order valence-corrected chi connectivity index (χ1v) is 11.4. The van der Waals surface area contributed by atoms with Gasteiger partial charge in [-0.05, 0) is 42.8 Å². The second-order valence-corrected chi connectivity index (χ2v) is 9.04. The number of aliphatic hydroxyl groups excluding tert-OH is 1. The smallest absolute Gasteiger partial charge is 0.196 e. The van der Waals surface area contributed by atoms with Gasteiger partial charge in [-0.3, -0.25) is 9.97 Å². The van der Waals surface area contributed by atoms with Crippen LogP contribution < -0.4 is 10.6 Å². The van der Waals surface area contributed by atoms with E-state index in [0.717, 1.165) is 33.4 Å². The first-order valence-electron chi connectivity index (χ1n) is 10.2. The van der Waals surface area contributed by atoms with Crippen molar-refractivity contribution in [2.24, 2.45) is 5.73 Å². The van der Waals surface area contributed by atoms with E-state index in [0.29, 0.717) is 34.6 Å². The van der Waals surface area contributed by atoms with Crippen LogP contribution in [0.25, 0.3) is 22.1 Å². The van der Waals surface area contributed by atoms with Crippen LogP contribution in [0.2, 0.25) is 5.02 Å². The third kappa shape index (κ3) is 3.71. The molecule has 0 spiro atoms. The number of nitrogens with zero attached hydrogens (tertiary/aromatic N) is 5. The zero-order valence-electron chi connectivity index (χ0n) is 16.9. The van der Waals surface area contributed by atoms with Crippen molar-refractivity contribution in [2.75, 3.05) is 18.1 Å². The van der Waals surface area contributed by atoms with Crippen molar-refractivity contribution in [3.8, 4) is 0 Å². The molecule has 0 radical (unpaired) electrons. The Balaban J connectivity index is 1.61. The summed E-state index contributed by atoms with van der Waals surface area (Å²) in [6.45, 7) is 2.64. The molecule has 0 bridgehead atoms. The molecule has 1 unspecified atom stereocenters. The summed E-state index contributed by atoms with van der Waals surface area (Å²) in [6.07, 6.45) is 5.00. The van der Waals surface area contributed by atoms with Crippen LogP contribution in [0.5, 0.6) is 0 Å². The Bertz CT molecular complexity index is 1260. The molecule has 1 aliphatic rings. The Labute approximate surface area is 188 Å². The second kappa shape index (κ2) is 8.23. The van der Waals surface area contributed by atoms with Gasteiger partial charge in [-0.1, -0.05) is 18.5 Å². The van der Waals surface area contributed by atoms with Crippen molar-refractivity contribution >= 4 is 51.2 Å². The molecule has 4 N–H and O–H groups in total. The molecule has 0 amide bonds. The van der Waals surface area contributed by atoms with Gasteiger partial charge < -0.3 is 20.7 Å². The molecule has 10 heteroatoms. The number of H-pyrrole nitrogens is 1. The summed E-state index contributed by atoms with van der Waals surface area (Å²) in [7, 11) is 0. The first-order chi connectivity index (χ1) is 15.1. The van der Waals surface area contributed by atoms with Gasteiger partial charge in [-0.15, -0.1) is 0 Å². The van der Waals surface area contributed by atoms with Crippen LogP contribution in [0.3, 0.4) is 0 Å². The third-order valence-electron chi connectivity index (χ3n) is 5.54. The van der Waals surface area contributed by atoms with Crippen molar-refractivity contribution in [1.82, 2.24) is 24.9 Å². The lowest BCUT2D eigenvalue weighted by molar-refractivity contribution is 0.265. The predicted octanol–water partition coefficient (Wildman–Crippen LogP) is 3.17. The average molecular weight is 456 g/mol. The molecule has 0 aliphatic carbocycles. The van der Waals surface area contributed by atoms with E-state index >= 15 is 0 Å². The van der Waals surface area contributed by atoms with Crippen LogP contribution in [0.15, 0.2) is 40.6 Å². The van der Waals surface area contributed by atoms with E-state index in [9.17, 15) is 5.11 Å². The summed E-state index contributed by atoms with van der Waals surface area (Å²) >= 11 is 8.10. The molecule has 0 aromatic carbocycles. The standard InChI is InChI=1S/C21H22ClN7OS/c1-2-14-18(22)17-19(26-14)27-21(28-20(17)29-9-11(23)6-12(29)10-30)31-13-7-16-15(25-8-13)4-3-5-24-16/h3-5,7-8,11-12,30H,2,6,9-10,23H2,1H3,(H,26,27,28)/t11?,12-/m1/s1. The minimum atomic E-state index is -0.103. The van der Waals surface area contributed by atoms with Gasteiger partial charge in [0.2, 0.25) is 0 Å². The van der Waals surface area contributed by atoms with Gasteiger partial charge in [-0.2, -0.15) is 0 Å². The molecule has 5 heterocycles. The van der Waals surface area contributed by atoms with Crippen LogP contribution in [0.1, 0.15) is 19.0 Å². The van der Waals surface area contributed by atoms with Crippen LogP contribution >= 0.6 is 23.4 Å². The number of anilines is 1. The van der Waals surface area contributed by atoms with E-state index in [2.05, 4.69) is 19.9 Å². The average Bonchev–Trinajstić information content (AvgIpc) is 3.32. The third-order valence-corrected chi connectivity index (χ3v) is 6.78. The summed E-state index contributed by atoms with van der Waals surface area (Å²) in [5.41, 5.74) is 9.44. The monoisotopic (exact) mass is 455 g/mol. The Kier molecular flexibility index (Phi) is 5.43. The van der Waals surface area contributed by atoms with E-state index in [1.165, 1.54) is 11.8 Å². The fraction of sp³-hybridized carbons (Fsp3) is 0.333. The number of aliphatic hydroxyl groups is 1. The molecule has 8 nitrogen and oxygen atoms in total. The fourth-order valence-corrected chi connectivity index (χ4v) is 5.16. The van der Waals surface area contributed by atoms with E-state index in [1.807, 2.05) is 25.1 Å². The van der Waals surface area contributed by atoms with Gasteiger partial charge >= 0.3 is 0 Å². The van der Waals surface area contributed by atoms with E-state index in [4.69, 9.17) is 27.3 Å². The maximum absolute atomic E-state index is 9.91. The Morgan fingerprint density at radius 1 is 1.32 bits per heavy atom. The van der Waals surface area contributed by atoms with Crippen LogP contribution in [0.4, 0.5) is 5.82 Å². The summed E-state index contributed by atoms with van der Waals surface area (Å²) in [6, 6.07) is 5.63. The number of pyridine rings is 2. The Hall–Kier alpha value is -2.46. The number of rotatable bonds is 5. The SMILES string of the molecule is CCc1[nH]c2nc(Sc3cnc4cccnc4c3)nc(N3CC(N)C[C@@H]3CO)c2c1Cl. The van der Waals surface area contributed by atoms with Crippen LogP contribution in [-0.4, -0.2) is 55.3 Å². The van der Waals surface area contributed by atoms with Gasteiger partial charge in [0.05, 0.1) is 34.1 Å². The highest BCUT2D eigenvalue weighted by Crippen LogP contribution is 2.38. The quantitative estimate of drug-likeness (QED) is 0.393. The van der Waals surface area contributed by atoms with Crippen molar-refractivity contribution in [2.45, 2.75) is 41.9 Å². The number of aromatic nitrogens is 5. The first kappa shape index (κ1) is 20.4. The minimum absolute atomic E-state index is 0.00458. The molecular weight excluding hydrogens is 434 g/mol. The molecular formula is C21H22ClN7OS. The Morgan fingerprint density at radius 2 is 2.19 bits per heavy atom. The zero-order valence-corrected chi connectivity index (χ0v) is 18.5. The molecule has 31 heavy (non-hydrogen) atoms. The van der Waals surface area contributed by atoms with E-state index in [-0.39, 0.29) is 18.7 Å². The maximum Gasteiger partial charge on any atom is 0.196 e. The Morgan fingerprint density at radius 3 is 3.00 bits per heavy atom. The zero-order chi connectivity index (χ0) is 21.5. The maximum atomic E-state index is 9.91. The normalized spacial score (nSPS) is 19.0. The molecule has 4 aromatic rings. The highest BCUT2D eigenvalue weighted by atomic mass is 35.5. The number of fused-ring (bicyclic) bond motifs is 2. The molecule has 5 rings (SSSR count). The lowest BCUT2D eigenvalue weighted by Crippen LogP contribution is -2.33. The van der Waals surface area contributed by atoms with E-state index in [1.54, 1.807) is 12.4 Å². The molecule has 1 aliphatic heterocycles. The van der Waals surface area contributed by atoms with E-state index < -0.39 is 0 Å². The number of halogens is 1. The topological polar surface area (TPSA) is 117 Å². The van der Waals surface area contributed by atoms with Gasteiger partial charge in [0.25, 0.3) is 0 Å². The van der Waals surface area contributed by atoms with Crippen molar-refractivity contribution in [3.63, 3.8) is 0 Å². The molecule has 1 fully saturated rings. The van der Waals surface area contributed by atoms with Gasteiger partial charge in [0.1, 0.15) is 11.5 Å². The number of hydrogen-bond donors (Lipinski definition) is 3. The van der Waals surface area contributed by atoms with Gasteiger partial charge in [-0.25, -0.2) is 9.97 Å². The predicted molar refractivity (Wildman–Crippen MR) is 123 cm³/mol. The lowest BCUT2D eigenvalue weighted by atomic mass is 10.2. The minimum Gasteiger partial charge on any atom is -0.394 e. The highest BCUT2D eigenvalue weighted by Gasteiger charge is 2.33. The van der Waals surface area contributed by atoms with Crippen molar-refractivity contribution < 1.29 is 5.11 Å². The largest absolute Gasteiger partial charge is 0.394 e. The summed E-state index contributed by atoms with van der Waals surface area (Å²) in [5.74, 6) is 0.701. The van der Waals surface area contributed by atoms with Crippen molar-refractivity contribution in [3.05, 3.63) is 41.3 Å². The number of aromatic amines is 1. The summed E-state index contributed by atoms with van der Waals surface area (Å²) < 4.78 is 0. The number of nitrogens with two attached hydrogens (primary N) is 1. The van der Waals surface area contributed by atoms with Crippen LogP contribution in [-0.2, 0) is 6.42 Å². The number of aryl methyl sites for hydroxylation is 1. The molecule has 4 aromatic heterocycles. The van der Waals surface area contributed by atoms with Gasteiger partial charge in [0, 0.05) is 35.6 Å². The summed E-state index contributed by atoms with van der Waals surface area (Å²) in [4.78, 5) is 24.7. The molecule has 1 saturated heterocycles. The number of hydrogen-bond acceptors (Lipinski definition) is 8. The molecule has 2 atom stereocenters. The highest BCUT2D eigenvalue weighted by molar-refractivity contribution is 7.99. The summed E-state index contributed by atoms with van der Waals surface area (Å²) in [5, 5.41) is 11.9. The fourth-order valence-electron chi connectivity index (χ4n) is 4.05. The molecule has 0 saturated carbocycles. The number of nitrogens with one attached hydrogen (secondary N) is 1. The van der Waals surface area contributed by atoms with Crippen LogP contribution in [0, 0.1) is 0 Å². The lowest BCUT2D eigenvalue weighted by Gasteiger charge is -2.25.